The minimum Gasteiger partial charge on any atom is -0.494 e. The molecule has 1 heterocycles. The van der Waals surface area contributed by atoms with E-state index >= 15 is 0 Å². The van der Waals surface area contributed by atoms with Crippen LogP contribution in [-0.2, 0) is 6.42 Å². The van der Waals surface area contributed by atoms with Crippen LogP contribution in [0, 0.1) is 11.3 Å². The largest absolute Gasteiger partial charge is 0.494 e. The fraction of sp³-hybridized carbons (Fsp3) is 0.158. The number of nitriles is 1. The number of pyridine rings is 1. The van der Waals surface area contributed by atoms with Gasteiger partial charge in [0.15, 0.2) is 0 Å². The lowest BCUT2D eigenvalue weighted by atomic mass is 10.1. The number of aryl methyl sites for hydroxylation is 1. The van der Waals surface area contributed by atoms with Crippen LogP contribution in [0.2, 0.25) is 0 Å². The van der Waals surface area contributed by atoms with Gasteiger partial charge in [-0.1, -0.05) is 31.2 Å². The van der Waals surface area contributed by atoms with Crippen molar-refractivity contribution in [3.05, 3.63) is 59.8 Å². The predicted molar refractivity (Wildman–Crippen MR) is 92.1 cm³/mol. The number of anilines is 2. The first-order valence-corrected chi connectivity index (χ1v) is 7.48. The van der Waals surface area contributed by atoms with E-state index in [9.17, 15) is 5.26 Å². The Morgan fingerprint density at radius 2 is 2.04 bits per heavy atom. The molecule has 0 saturated carbocycles. The molecule has 4 nitrogen and oxygen atoms in total. The molecule has 3 aromatic rings. The first-order chi connectivity index (χ1) is 11.3. The van der Waals surface area contributed by atoms with Crippen LogP contribution in [0.25, 0.3) is 10.9 Å². The molecule has 23 heavy (non-hydrogen) atoms. The van der Waals surface area contributed by atoms with Gasteiger partial charge in [-0.15, -0.1) is 0 Å². The number of benzene rings is 2. The lowest BCUT2D eigenvalue weighted by Gasteiger charge is -2.13. The summed E-state index contributed by atoms with van der Waals surface area (Å²) in [5, 5.41) is 13.7. The molecule has 0 aliphatic carbocycles. The molecule has 0 atom stereocenters. The zero-order valence-electron chi connectivity index (χ0n) is 13.1. The van der Waals surface area contributed by atoms with Crippen LogP contribution in [0.3, 0.4) is 0 Å². The van der Waals surface area contributed by atoms with Crippen molar-refractivity contribution >= 4 is 22.3 Å². The van der Waals surface area contributed by atoms with Crippen LogP contribution < -0.4 is 10.1 Å². The van der Waals surface area contributed by atoms with Crippen LogP contribution >= 0.6 is 0 Å². The van der Waals surface area contributed by atoms with E-state index in [0.717, 1.165) is 28.7 Å². The number of nitrogens with one attached hydrogen (secondary N) is 1. The van der Waals surface area contributed by atoms with E-state index in [1.165, 1.54) is 5.56 Å². The summed E-state index contributed by atoms with van der Waals surface area (Å²) < 4.78 is 5.37. The number of para-hydroxylation sites is 1. The van der Waals surface area contributed by atoms with Crippen LogP contribution in [-0.4, -0.2) is 12.1 Å². The zero-order chi connectivity index (χ0) is 16.2. The maximum atomic E-state index is 9.42. The van der Waals surface area contributed by atoms with E-state index in [0.29, 0.717) is 11.3 Å². The van der Waals surface area contributed by atoms with Gasteiger partial charge >= 0.3 is 0 Å². The van der Waals surface area contributed by atoms with Crippen LogP contribution in [0.5, 0.6) is 5.75 Å². The molecule has 3 rings (SSSR count). The summed E-state index contributed by atoms with van der Waals surface area (Å²) in [6.45, 7) is 2.12. The summed E-state index contributed by atoms with van der Waals surface area (Å²) in [5.74, 6) is 0.692. The summed E-state index contributed by atoms with van der Waals surface area (Å²) >= 11 is 0. The first kappa shape index (κ1) is 14.9. The smallest absolute Gasteiger partial charge is 0.145 e. The van der Waals surface area contributed by atoms with Crippen LogP contribution in [0.4, 0.5) is 11.4 Å². The minimum absolute atomic E-state index is 0.507. The quantitative estimate of drug-likeness (QED) is 0.775. The van der Waals surface area contributed by atoms with Gasteiger partial charge < -0.3 is 10.1 Å². The van der Waals surface area contributed by atoms with Crippen LogP contribution in [0.15, 0.2) is 48.7 Å². The predicted octanol–water partition coefficient (Wildman–Crippen LogP) is 4.42. The molecule has 0 fully saturated rings. The molecule has 0 amide bonds. The van der Waals surface area contributed by atoms with Crippen molar-refractivity contribution in [2.24, 2.45) is 0 Å². The molecule has 2 aromatic carbocycles. The number of nitrogens with zero attached hydrogens (tertiary/aromatic N) is 2. The van der Waals surface area contributed by atoms with E-state index < -0.39 is 0 Å². The topological polar surface area (TPSA) is 57.9 Å². The molecule has 0 aliphatic rings. The number of aromatic nitrogens is 1. The Bertz CT molecular complexity index is 897. The molecule has 0 spiro atoms. The normalized spacial score (nSPS) is 10.3. The van der Waals surface area contributed by atoms with Crippen molar-refractivity contribution in [2.75, 3.05) is 12.4 Å². The highest BCUT2D eigenvalue weighted by Crippen LogP contribution is 2.33. The second kappa shape index (κ2) is 6.37. The lowest BCUT2D eigenvalue weighted by Crippen LogP contribution is -1.98. The molecular weight excluding hydrogens is 286 g/mol. The number of hydrogen-bond donors (Lipinski definition) is 1. The van der Waals surface area contributed by atoms with Gasteiger partial charge in [-0.05, 0) is 30.2 Å². The van der Waals surface area contributed by atoms with Crippen molar-refractivity contribution in [1.82, 2.24) is 4.98 Å². The molecule has 0 aliphatic heterocycles. The van der Waals surface area contributed by atoms with Gasteiger partial charge in [0.05, 0.1) is 18.4 Å². The highest BCUT2D eigenvalue weighted by atomic mass is 16.5. The second-order valence-electron chi connectivity index (χ2n) is 5.19. The van der Waals surface area contributed by atoms with Gasteiger partial charge in [-0.25, -0.2) is 0 Å². The lowest BCUT2D eigenvalue weighted by molar-refractivity contribution is 0.419. The van der Waals surface area contributed by atoms with Gasteiger partial charge in [-0.3, -0.25) is 4.98 Å². The van der Waals surface area contributed by atoms with Gasteiger partial charge in [0, 0.05) is 17.3 Å². The zero-order valence-corrected chi connectivity index (χ0v) is 13.1. The molecule has 0 bridgehead atoms. The van der Waals surface area contributed by atoms with Gasteiger partial charge in [0.2, 0.25) is 0 Å². The molecule has 1 N–H and O–H groups in total. The minimum atomic E-state index is 0.507. The highest BCUT2D eigenvalue weighted by molar-refractivity contribution is 5.98. The summed E-state index contributed by atoms with van der Waals surface area (Å²) in [6.07, 6.45) is 2.54. The highest BCUT2D eigenvalue weighted by Gasteiger charge is 2.12. The summed E-state index contributed by atoms with van der Waals surface area (Å²) in [7, 11) is 1.62. The molecule has 0 unspecified atom stereocenters. The Kier molecular flexibility index (Phi) is 4.11. The van der Waals surface area contributed by atoms with Gasteiger partial charge in [0.1, 0.15) is 17.3 Å². The standard InChI is InChI=1S/C19H17N3O/c1-3-13-6-4-7-15(10-13)22-18-14(11-20)12-21-19-16(18)8-5-9-17(19)23-2/h4-10,12H,3H2,1-2H3,(H,21,22). The second-order valence-corrected chi connectivity index (χ2v) is 5.19. The third-order valence-corrected chi connectivity index (χ3v) is 3.81. The van der Waals surface area contributed by atoms with E-state index in [-0.39, 0.29) is 0 Å². The Balaban J connectivity index is 2.16. The van der Waals surface area contributed by atoms with E-state index in [2.05, 4.69) is 35.4 Å². The van der Waals surface area contributed by atoms with E-state index in [1.807, 2.05) is 30.3 Å². The van der Waals surface area contributed by atoms with Crippen molar-refractivity contribution < 1.29 is 4.74 Å². The Hall–Kier alpha value is -3.06. The average Bonchev–Trinajstić information content (AvgIpc) is 2.61. The summed E-state index contributed by atoms with van der Waals surface area (Å²) in [6, 6.07) is 16.1. The fourth-order valence-corrected chi connectivity index (χ4v) is 2.59. The average molecular weight is 303 g/mol. The van der Waals surface area contributed by atoms with Gasteiger partial charge in [-0.2, -0.15) is 5.26 Å². The molecule has 4 heteroatoms. The number of ether oxygens (including phenoxy) is 1. The van der Waals surface area contributed by atoms with E-state index in [1.54, 1.807) is 13.3 Å². The van der Waals surface area contributed by atoms with Crippen molar-refractivity contribution in [3.8, 4) is 11.8 Å². The third kappa shape index (κ3) is 2.82. The number of methoxy groups -OCH3 is 1. The van der Waals surface area contributed by atoms with Crippen molar-refractivity contribution in [2.45, 2.75) is 13.3 Å². The maximum absolute atomic E-state index is 9.42. The Morgan fingerprint density at radius 1 is 1.22 bits per heavy atom. The van der Waals surface area contributed by atoms with Crippen molar-refractivity contribution in [1.29, 1.82) is 5.26 Å². The first-order valence-electron chi connectivity index (χ1n) is 7.48. The van der Waals surface area contributed by atoms with Crippen molar-refractivity contribution in [3.63, 3.8) is 0 Å². The molecule has 0 saturated heterocycles. The number of fused-ring (bicyclic) bond motifs is 1. The Labute approximate surface area is 135 Å². The summed E-state index contributed by atoms with van der Waals surface area (Å²) in [4.78, 5) is 4.37. The molecule has 114 valence electrons. The third-order valence-electron chi connectivity index (χ3n) is 3.81. The number of hydrogen-bond acceptors (Lipinski definition) is 4. The fourth-order valence-electron chi connectivity index (χ4n) is 2.59. The maximum Gasteiger partial charge on any atom is 0.145 e. The Morgan fingerprint density at radius 3 is 2.78 bits per heavy atom. The molecule has 1 aromatic heterocycles. The molecule has 0 radical (unpaired) electrons. The van der Waals surface area contributed by atoms with E-state index in [4.69, 9.17) is 4.74 Å². The number of rotatable bonds is 4. The monoisotopic (exact) mass is 303 g/mol. The van der Waals surface area contributed by atoms with Gasteiger partial charge in [0.25, 0.3) is 0 Å². The molecular formula is C19H17N3O. The van der Waals surface area contributed by atoms with Crippen LogP contribution in [0.1, 0.15) is 18.1 Å². The summed E-state index contributed by atoms with van der Waals surface area (Å²) in [5.41, 5.74) is 4.20. The SMILES string of the molecule is CCc1cccc(Nc2c(C#N)cnc3c(OC)cccc23)c1.